The van der Waals surface area contributed by atoms with Gasteiger partial charge in [-0.2, -0.15) is 0 Å². The monoisotopic (exact) mass is 250 g/mol. The van der Waals surface area contributed by atoms with Crippen molar-refractivity contribution in [3.63, 3.8) is 0 Å². The number of nitrogens with zero attached hydrogens (tertiary/aromatic N) is 1. The van der Waals surface area contributed by atoms with Gasteiger partial charge in [-0.15, -0.1) is 0 Å². The first-order chi connectivity index (χ1) is 8.06. The fraction of sp³-hybridized carbons (Fsp3) is 0.714. The van der Waals surface area contributed by atoms with Gasteiger partial charge < -0.3 is 4.98 Å². The molecule has 0 amide bonds. The molecule has 0 aliphatic heterocycles. The number of H-pyrrole nitrogens is 1. The van der Waals surface area contributed by atoms with Crippen molar-refractivity contribution < 1.29 is 0 Å². The Hall–Kier alpha value is -0.700. The molecular formula is C14H22N2S. The summed E-state index contributed by atoms with van der Waals surface area (Å²) in [7, 11) is 0. The van der Waals surface area contributed by atoms with Crippen molar-refractivity contribution in [3.05, 3.63) is 22.2 Å². The van der Waals surface area contributed by atoms with Crippen LogP contribution in [0.4, 0.5) is 0 Å². The molecule has 1 fully saturated rings. The maximum absolute atomic E-state index is 5.27. The highest BCUT2D eigenvalue weighted by Crippen LogP contribution is 2.34. The van der Waals surface area contributed by atoms with E-state index in [1.54, 1.807) is 0 Å². The molecule has 2 atom stereocenters. The molecule has 2 unspecified atom stereocenters. The number of rotatable bonds is 2. The van der Waals surface area contributed by atoms with Crippen LogP contribution in [0.1, 0.15) is 69.8 Å². The van der Waals surface area contributed by atoms with Crippen LogP contribution in [-0.2, 0) is 0 Å². The molecule has 0 bridgehead atoms. The molecule has 17 heavy (non-hydrogen) atoms. The van der Waals surface area contributed by atoms with Gasteiger partial charge in [0.2, 0.25) is 0 Å². The average Bonchev–Trinajstić information content (AvgIpc) is 2.28. The van der Waals surface area contributed by atoms with Crippen LogP contribution in [0.25, 0.3) is 0 Å². The normalized spacial score (nSPS) is 25.2. The Balaban J connectivity index is 2.28. The van der Waals surface area contributed by atoms with Crippen LogP contribution in [0, 0.1) is 10.6 Å². The van der Waals surface area contributed by atoms with Crippen molar-refractivity contribution in [1.82, 2.24) is 9.97 Å². The minimum absolute atomic E-state index is 0.486. The first-order valence-corrected chi connectivity index (χ1v) is 7.08. The Labute approximate surface area is 109 Å². The first kappa shape index (κ1) is 12.7. The predicted octanol–water partition coefficient (Wildman–Crippen LogP) is 4.56. The van der Waals surface area contributed by atoms with E-state index in [9.17, 15) is 0 Å². The lowest BCUT2D eigenvalue weighted by Gasteiger charge is -2.26. The summed E-state index contributed by atoms with van der Waals surface area (Å²) in [6.07, 6.45) is 5.19. The summed E-state index contributed by atoms with van der Waals surface area (Å²) >= 11 is 5.27. The molecule has 0 spiro atoms. The van der Waals surface area contributed by atoms with Gasteiger partial charge in [0, 0.05) is 11.6 Å². The second-order valence-corrected chi connectivity index (χ2v) is 6.10. The van der Waals surface area contributed by atoms with Crippen molar-refractivity contribution in [1.29, 1.82) is 0 Å². The number of hydrogen-bond acceptors (Lipinski definition) is 2. The highest BCUT2D eigenvalue weighted by molar-refractivity contribution is 7.71. The Bertz CT molecular complexity index is 436. The van der Waals surface area contributed by atoms with Gasteiger partial charge >= 0.3 is 0 Å². The summed E-state index contributed by atoms with van der Waals surface area (Å²) in [6, 6.07) is 2.00. The molecule has 0 saturated heterocycles. The second kappa shape index (κ2) is 5.30. The van der Waals surface area contributed by atoms with Gasteiger partial charge in [-0.3, -0.25) is 0 Å². The lowest BCUT2D eigenvalue weighted by molar-refractivity contribution is 0.334. The molecule has 94 valence electrons. The third-order valence-electron chi connectivity index (χ3n) is 3.73. The molecule has 1 aliphatic carbocycles. The number of aromatic nitrogens is 2. The molecule has 0 aromatic carbocycles. The maximum Gasteiger partial charge on any atom is 0.130 e. The van der Waals surface area contributed by atoms with E-state index in [0.717, 1.165) is 16.4 Å². The lowest BCUT2D eigenvalue weighted by atomic mass is 9.82. The van der Waals surface area contributed by atoms with Gasteiger partial charge in [-0.1, -0.05) is 45.8 Å². The van der Waals surface area contributed by atoms with Gasteiger partial charge in [0.1, 0.15) is 10.5 Å². The van der Waals surface area contributed by atoms with Gasteiger partial charge in [0.25, 0.3) is 0 Å². The first-order valence-electron chi connectivity index (χ1n) is 6.67. The van der Waals surface area contributed by atoms with Crippen LogP contribution in [-0.4, -0.2) is 9.97 Å². The third kappa shape index (κ3) is 3.15. The van der Waals surface area contributed by atoms with Crippen molar-refractivity contribution in [2.45, 2.75) is 58.3 Å². The van der Waals surface area contributed by atoms with Gasteiger partial charge in [0.15, 0.2) is 0 Å². The molecule has 1 saturated carbocycles. The van der Waals surface area contributed by atoms with Gasteiger partial charge in [-0.25, -0.2) is 4.98 Å². The van der Waals surface area contributed by atoms with E-state index >= 15 is 0 Å². The zero-order valence-corrected chi connectivity index (χ0v) is 11.8. The summed E-state index contributed by atoms with van der Waals surface area (Å²) in [5.74, 6) is 3.01. The molecule has 1 aliphatic rings. The Morgan fingerprint density at radius 1 is 1.41 bits per heavy atom. The molecule has 1 aromatic rings. The Kier molecular flexibility index (Phi) is 3.97. The summed E-state index contributed by atoms with van der Waals surface area (Å²) in [5.41, 5.74) is 1.22. The van der Waals surface area contributed by atoms with Crippen LogP contribution < -0.4 is 0 Å². The molecule has 3 heteroatoms. The molecule has 1 N–H and O–H groups in total. The van der Waals surface area contributed by atoms with Crippen LogP contribution in [0.5, 0.6) is 0 Å². The molecule has 2 nitrogen and oxygen atoms in total. The van der Waals surface area contributed by atoms with Crippen LogP contribution in [0.3, 0.4) is 0 Å². The van der Waals surface area contributed by atoms with E-state index < -0.39 is 0 Å². The quantitative estimate of drug-likeness (QED) is 0.780. The van der Waals surface area contributed by atoms with E-state index in [1.807, 2.05) is 6.07 Å². The average molecular weight is 250 g/mol. The number of nitrogens with one attached hydrogen (secondary N) is 1. The number of hydrogen-bond donors (Lipinski definition) is 1. The highest BCUT2D eigenvalue weighted by Gasteiger charge is 2.22. The summed E-state index contributed by atoms with van der Waals surface area (Å²) in [6.45, 7) is 6.72. The zero-order valence-electron chi connectivity index (χ0n) is 11.0. The summed E-state index contributed by atoms with van der Waals surface area (Å²) in [5, 5.41) is 0. The minimum Gasteiger partial charge on any atom is -0.347 e. The highest BCUT2D eigenvalue weighted by atomic mass is 32.1. The second-order valence-electron chi connectivity index (χ2n) is 5.68. The topological polar surface area (TPSA) is 28.7 Å². The molecule has 1 aromatic heterocycles. The summed E-state index contributed by atoms with van der Waals surface area (Å²) in [4.78, 5) is 8.03. The predicted molar refractivity (Wildman–Crippen MR) is 73.9 cm³/mol. The van der Waals surface area contributed by atoms with Crippen molar-refractivity contribution in [3.8, 4) is 0 Å². The maximum atomic E-state index is 5.27. The Morgan fingerprint density at radius 3 is 2.82 bits per heavy atom. The summed E-state index contributed by atoms with van der Waals surface area (Å²) < 4.78 is 0.737. The lowest BCUT2D eigenvalue weighted by Crippen LogP contribution is -2.15. The standard InChI is InChI=1S/C14H22N2S/c1-9(2)12-8-13(17)16-14(15-12)11-6-4-5-10(3)7-11/h8-11H,4-7H2,1-3H3,(H,15,16,17). The minimum atomic E-state index is 0.486. The van der Waals surface area contributed by atoms with Crippen molar-refractivity contribution in [2.24, 2.45) is 5.92 Å². The van der Waals surface area contributed by atoms with Crippen LogP contribution in [0.2, 0.25) is 0 Å². The van der Waals surface area contributed by atoms with E-state index in [4.69, 9.17) is 12.2 Å². The van der Waals surface area contributed by atoms with E-state index in [-0.39, 0.29) is 0 Å². The Morgan fingerprint density at radius 2 is 2.18 bits per heavy atom. The SMILES string of the molecule is CC1CCCC(c2nc(=S)cc(C(C)C)[nH]2)C1. The zero-order chi connectivity index (χ0) is 12.4. The van der Waals surface area contributed by atoms with Crippen LogP contribution in [0.15, 0.2) is 6.07 Å². The van der Waals surface area contributed by atoms with E-state index in [1.165, 1.54) is 31.4 Å². The van der Waals surface area contributed by atoms with E-state index in [2.05, 4.69) is 30.7 Å². The van der Waals surface area contributed by atoms with Gasteiger partial charge in [-0.05, 0) is 30.7 Å². The third-order valence-corrected chi connectivity index (χ3v) is 3.94. The number of aromatic amines is 1. The van der Waals surface area contributed by atoms with Crippen LogP contribution >= 0.6 is 12.2 Å². The van der Waals surface area contributed by atoms with Crippen molar-refractivity contribution in [2.75, 3.05) is 0 Å². The largest absolute Gasteiger partial charge is 0.347 e. The molecule has 2 rings (SSSR count). The molecular weight excluding hydrogens is 228 g/mol. The van der Waals surface area contributed by atoms with E-state index in [0.29, 0.717) is 11.8 Å². The molecule has 0 radical (unpaired) electrons. The van der Waals surface area contributed by atoms with Crippen molar-refractivity contribution >= 4 is 12.2 Å². The fourth-order valence-electron chi connectivity index (χ4n) is 2.68. The smallest absolute Gasteiger partial charge is 0.130 e. The van der Waals surface area contributed by atoms with Gasteiger partial charge in [0.05, 0.1) is 0 Å². The molecule has 1 heterocycles. The fourth-order valence-corrected chi connectivity index (χ4v) is 2.91.